The van der Waals surface area contributed by atoms with Crippen LogP contribution in [0.1, 0.15) is 5.69 Å². The molecule has 0 fully saturated rings. The van der Waals surface area contributed by atoms with Crippen LogP contribution in [0.25, 0.3) is 0 Å². The van der Waals surface area contributed by atoms with Crippen molar-refractivity contribution < 1.29 is 0 Å². The van der Waals surface area contributed by atoms with Gasteiger partial charge >= 0.3 is 0 Å². The van der Waals surface area contributed by atoms with Crippen molar-refractivity contribution in [1.29, 1.82) is 0 Å². The van der Waals surface area contributed by atoms with Gasteiger partial charge in [-0.2, -0.15) is 0 Å². The number of thiazole rings is 1. The molecule has 2 heterocycles. The zero-order valence-electron chi connectivity index (χ0n) is 7.92. The molecule has 0 N–H and O–H groups in total. The van der Waals surface area contributed by atoms with E-state index in [1.54, 1.807) is 11.3 Å². The Morgan fingerprint density at radius 1 is 1.29 bits per heavy atom. The van der Waals surface area contributed by atoms with Crippen LogP contribution in [0.15, 0.2) is 36.0 Å². The molecule has 4 heteroatoms. The topological polar surface area (TPSA) is 29.0 Å². The maximum absolute atomic E-state index is 4.26. The van der Waals surface area contributed by atoms with Crippen molar-refractivity contribution in [3.05, 3.63) is 41.7 Å². The van der Waals surface area contributed by atoms with Gasteiger partial charge in [0.15, 0.2) is 5.13 Å². The van der Waals surface area contributed by atoms with Crippen LogP contribution in [-0.4, -0.2) is 17.0 Å². The molecule has 0 amide bonds. The average molecular weight is 205 g/mol. The van der Waals surface area contributed by atoms with Crippen molar-refractivity contribution in [1.82, 2.24) is 9.97 Å². The summed E-state index contributed by atoms with van der Waals surface area (Å²) in [6.07, 6.45) is 3.62. The second kappa shape index (κ2) is 4.19. The highest BCUT2D eigenvalue weighted by Crippen LogP contribution is 2.16. The summed E-state index contributed by atoms with van der Waals surface area (Å²) < 4.78 is 0. The monoisotopic (exact) mass is 205 g/mol. The van der Waals surface area contributed by atoms with E-state index < -0.39 is 0 Å². The Balaban J connectivity index is 2.06. The fourth-order valence-corrected chi connectivity index (χ4v) is 1.82. The van der Waals surface area contributed by atoms with Crippen LogP contribution in [0, 0.1) is 0 Å². The van der Waals surface area contributed by atoms with Crippen LogP contribution < -0.4 is 4.90 Å². The lowest BCUT2D eigenvalue weighted by molar-refractivity contribution is 0.879. The molecule has 0 aliphatic carbocycles. The van der Waals surface area contributed by atoms with E-state index in [4.69, 9.17) is 0 Å². The Hall–Kier alpha value is -1.42. The first-order valence-corrected chi connectivity index (χ1v) is 5.25. The van der Waals surface area contributed by atoms with Gasteiger partial charge in [-0.05, 0) is 12.1 Å². The predicted molar refractivity (Wildman–Crippen MR) is 58.5 cm³/mol. The minimum atomic E-state index is 0.800. The quantitative estimate of drug-likeness (QED) is 0.769. The third-order valence-electron chi connectivity index (χ3n) is 1.87. The lowest BCUT2D eigenvalue weighted by atomic mass is 10.3. The molecular weight excluding hydrogens is 194 g/mol. The minimum absolute atomic E-state index is 0.800. The second-order valence-corrected chi connectivity index (χ2v) is 3.86. The Morgan fingerprint density at radius 2 is 2.21 bits per heavy atom. The van der Waals surface area contributed by atoms with Crippen molar-refractivity contribution in [2.24, 2.45) is 0 Å². The highest BCUT2D eigenvalue weighted by atomic mass is 32.1. The van der Waals surface area contributed by atoms with Gasteiger partial charge in [-0.25, -0.2) is 4.98 Å². The molecule has 0 atom stereocenters. The maximum Gasteiger partial charge on any atom is 0.185 e. The lowest BCUT2D eigenvalue weighted by Gasteiger charge is -2.14. The summed E-state index contributed by atoms with van der Waals surface area (Å²) in [6.45, 7) is 0.800. The van der Waals surface area contributed by atoms with Crippen molar-refractivity contribution in [3.63, 3.8) is 0 Å². The molecule has 0 aliphatic heterocycles. The summed E-state index contributed by atoms with van der Waals surface area (Å²) >= 11 is 1.64. The van der Waals surface area contributed by atoms with Crippen LogP contribution in [0.5, 0.6) is 0 Å². The van der Waals surface area contributed by atoms with E-state index in [1.165, 1.54) is 0 Å². The summed E-state index contributed by atoms with van der Waals surface area (Å²) in [5.74, 6) is 0. The number of aromatic nitrogens is 2. The number of anilines is 1. The molecule has 2 aromatic heterocycles. The molecule has 0 unspecified atom stereocenters. The standard InChI is InChI=1S/C10H11N3S/c1-13(10-12-6-7-14-10)8-9-4-2-3-5-11-9/h2-7H,8H2,1H3. The van der Waals surface area contributed by atoms with Gasteiger partial charge in [-0.1, -0.05) is 6.07 Å². The lowest BCUT2D eigenvalue weighted by Crippen LogP contribution is -2.16. The summed E-state index contributed by atoms with van der Waals surface area (Å²) in [4.78, 5) is 10.6. The number of nitrogens with zero attached hydrogens (tertiary/aromatic N) is 3. The molecule has 0 spiro atoms. The number of hydrogen-bond donors (Lipinski definition) is 0. The minimum Gasteiger partial charge on any atom is -0.345 e. The van der Waals surface area contributed by atoms with E-state index in [0.29, 0.717) is 0 Å². The highest BCUT2D eigenvalue weighted by Gasteiger charge is 2.03. The first-order valence-electron chi connectivity index (χ1n) is 4.37. The van der Waals surface area contributed by atoms with Crippen molar-refractivity contribution in [2.45, 2.75) is 6.54 Å². The fourth-order valence-electron chi connectivity index (χ4n) is 1.21. The normalized spacial score (nSPS) is 10.1. The third kappa shape index (κ3) is 2.09. The zero-order chi connectivity index (χ0) is 9.80. The molecule has 2 rings (SSSR count). The molecule has 3 nitrogen and oxygen atoms in total. The Bertz CT molecular complexity index is 372. The molecule has 72 valence electrons. The molecule has 2 aromatic rings. The highest BCUT2D eigenvalue weighted by molar-refractivity contribution is 7.13. The summed E-state index contributed by atoms with van der Waals surface area (Å²) in [7, 11) is 2.02. The average Bonchev–Trinajstić information content (AvgIpc) is 2.72. The van der Waals surface area contributed by atoms with Crippen LogP contribution in [-0.2, 0) is 6.54 Å². The SMILES string of the molecule is CN(Cc1ccccn1)c1nccs1. The van der Waals surface area contributed by atoms with Crippen LogP contribution in [0.3, 0.4) is 0 Å². The summed E-state index contributed by atoms with van der Waals surface area (Å²) in [6, 6.07) is 5.94. The second-order valence-electron chi connectivity index (χ2n) is 2.99. The zero-order valence-corrected chi connectivity index (χ0v) is 8.74. The van der Waals surface area contributed by atoms with E-state index >= 15 is 0 Å². The van der Waals surface area contributed by atoms with Gasteiger partial charge in [0.05, 0.1) is 12.2 Å². The smallest absolute Gasteiger partial charge is 0.185 e. The summed E-state index contributed by atoms with van der Waals surface area (Å²) in [5.41, 5.74) is 1.06. The van der Waals surface area contributed by atoms with Crippen LogP contribution in [0.4, 0.5) is 5.13 Å². The third-order valence-corrected chi connectivity index (χ3v) is 2.76. The Kier molecular flexibility index (Phi) is 2.74. The fraction of sp³-hybridized carbons (Fsp3) is 0.200. The van der Waals surface area contributed by atoms with Crippen molar-refractivity contribution >= 4 is 16.5 Å². The predicted octanol–water partition coefficient (Wildman–Crippen LogP) is 2.17. The van der Waals surface area contributed by atoms with Crippen molar-refractivity contribution in [3.8, 4) is 0 Å². The molecule has 0 saturated heterocycles. The molecule has 0 saturated carbocycles. The van der Waals surface area contributed by atoms with Gasteiger partial charge in [0.2, 0.25) is 0 Å². The maximum atomic E-state index is 4.26. The first-order chi connectivity index (χ1) is 6.86. The largest absolute Gasteiger partial charge is 0.345 e. The number of hydrogen-bond acceptors (Lipinski definition) is 4. The van der Waals surface area contributed by atoms with E-state index in [-0.39, 0.29) is 0 Å². The van der Waals surface area contributed by atoms with Crippen molar-refractivity contribution in [2.75, 3.05) is 11.9 Å². The van der Waals surface area contributed by atoms with Gasteiger partial charge in [-0.15, -0.1) is 11.3 Å². The molecular formula is C10H11N3S. The van der Waals surface area contributed by atoms with E-state index in [9.17, 15) is 0 Å². The molecule has 0 radical (unpaired) electrons. The molecule has 0 aliphatic rings. The van der Waals surface area contributed by atoms with E-state index in [1.807, 2.05) is 43.0 Å². The van der Waals surface area contributed by atoms with Crippen LogP contribution >= 0.6 is 11.3 Å². The van der Waals surface area contributed by atoms with E-state index in [2.05, 4.69) is 14.9 Å². The van der Waals surface area contributed by atoms with Gasteiger partial charge in [0.1, 0.15) is 0 Å². The number of rotatable bonds is 3. The first kappa shape index (κ1) is 9.15. The molecule has 14 heavy (non-hydrogen) atoms. The summed E-state index contributed by atoms with van der Waals surface area (Å²) in [5, 5.41) is 3.00. The Labute approximate surface area is 87.1 Å². The van der Waals surface area contributed by atoms with Gasteiger partial charge < -0.3 is 4.90 Å². The molecule has 0 aromatic carbocycles. The Morgan fingerprint density at radius 3 is 2.86 bits per heavy atom. The van der Waals surface area contributed by atoms with Crippen LogP contribution in [0.2, 0.25) is 0 Å². The van der Waals surface area contributed by atoms with Gasteiger partial charge in [-0.3, -0.25) is 4.98 Å². The van der Waals surface area contributed by atoms with E-state index in [0.717, 1.165) is 17.4 Å². The van der Waals surface area contributed by atoms with Gasteiger partial charge in [0.25, 0.3) is 0 Å². The molecule has 0 bridgehead atoms. The van der Waals surface area contributed by atoms with Gasteiger partial charge in [0, 0.05) is 24.8 Å². The number of pyridine rings is 1.